The van der Waals surface area contributed by atoms with Gasteiger partial charge in [0.25, 0.3) is 0 Å². The van der Waals surface area contributed by atoms with Crippen LogP contribution in [0.4, 0.5) is 0 Å². The van der Waals surface area contributed by atoms with Crippen LogP contribution in [0.5, 0.6) is 11.5 Å². The van der Waals surface area contributed by atoms with E-state index < -0.39 is 5.97 Å². The second-order valence-electron chi connectivity index (χ2n) is 3.38. The van der Waals surface area contributed by atoms with Gasteiger partial charge in [-0.05, 0) is 30.7 Å². The van der Waals surface area contributed by atoms with Crippen LogP contribution in [0, 0.1) is 0 Å². The highest BCUT2D eigenvalue weighted by Gasteiger charge is 2.05. The second-order valence-corrected chi connectivity index (χ2v) is 3.38. The highest BCUT2D eigenvalue weighted by Crippen LogP contribution is 2.28. The number of carboxylic acid groups (broad SMARTS) is 1. The average Bonchev–Trinajstić information content (AvgIpc) is 2.35. The highest BCUT2D eigenvalue weighted by atomic mass is 16.5. The van der Waals surface area contributed by atoms with Gasteiger partial charge in [-0.3, -0.25) is 0 Å². The number of hydrogen-bond donors (Lipinski definition) is 2. The van der Waals surface area contributed by atoms with Crippen molar-refractivity contribution in [2.45, 2.75) is 6.92 Å². The first kappa shape index (κ1) is 14.1. The molecule has 2 N–H and O–H groups in total. The van der Waals surface area contributed by atoms with Crippen molar-refractivity contribution in [2.75, 3.05) is 19.8 Å². The molecule has 0 heterocycles. The van der Waals surface area contributed by atoms with Crippen LogP contribution in [-0.2, 0) is 4.79 Å². The van der Waals surface area contributed by atoms with E-state index in [-0.39, 0.29) is 13.2 Å². The van der Waals surface area contributed by atoms with Gasteiger partial charge in [-0.15, -0.1) is 0 Å². The molecule has 0 bridgehead atoms. The van der Waals surface area contributed by atoms with Gasteiger partial charge in [-0.2, -0.15) is 0 Å². The minimum Gasteiger partial charge on any atom is -0.490 e. The predicted octanol–water partition coefficient (Wildman–Crippen LogP) is 1.55. The van der Waals surface area contributed by atoms with Gasteiger partial charge in [-0.1, -0.05) is 6.07 Å². The molecule has 0 spiro atoms. The van der Waals surface area contributed by atoms with E-state index >= 15 is 0 Å². The number of carboxylic acids is 1. The van der Waals surface area contributed by atoms with Gasteiger partial charge in [0.2, 0.25) is 0 Å². The van der Waals surface area contributed by atoms with E-state index in [1.54, 1.807) is 18.2 Å². The van der Waals surface area contributed by atoms with Crippen LogP contribution in [0.3, 0.4) is 0 Å². The van der Waals surface area contributed by atoms with Crippen molar-refractivity contribution in [1.29, 1.82) is 0 Å². The second kappa shape index (κ2) is 7.34. The number of carbonyl (C=O) groups is 1. The SMILES string of the molecule is CCOc1cc(C=CC(=O)O)ccc1OCCO. The molecule has 5 heteroatoms. The summed E-state index contributed by atoms with van der Waals surface area (Å²) in [5.41, 5.74) is 0.706. The van der Waals surface area contributed by atoms with Crippen molar-refractivity contribution in [2.24, 2.45) is 0 Å². The first-order valence-corrected chi connectivity index (χ1v) is 5.59. The maximum absolute atomic E-state index is 10.4. The third-order valence-corrected chi connectivity index (χ3v) is 2.03. The van der Waals surface area contributed by atoms with Crippen LogP contribution < -0.4 is 9.47 Å². The van der Waals surface area contributed by atoms with Crippen LogP contribution in [-0.4, -0.2) is 36.0 Å². The molecule has 0 aromatic heterocycles. The quantitative estimate of drug-likeness (QED) is 0.720. The summed E-state index contributed by atoms with van der Waals surface area (Å²) in [7, 11) is 0. The number of aliphatic carboxylic acids is 1. The largest absolute Gasteiger partial charge is 0.490 e. The lowest BCUT2D eigenvalue weighted by Gasteiger charge is -2.11. The number of aliphatic hydroxyl groups is 1. The Morgan fingerprint density at radius 1 is 1.33 bits per heavy atom. The molecule has 1 aromatic rings. The number of ether oxygens (including phenoxy) is 2. The van der Waals surface area contributed by atoms with E-state index in [9.17, 15) is 4.79 Å². The molecule has 1 aromatic carbocycles. The first-order chi connectivity index (χ1) is 8.67. The highest BCUT2D eigenvalue weighted by molar-refractivity contribution is 5.85. The van der Waals surface area contributed by atoms with Crippen molar-refractivity contribution in [3.05, 3.63) is 29.8 Å². The Labute approximate surface area is 105 Å². The molecule has 18 heavy (non-hydrogen) atoms. The molecule has 5 nitrogen and oxygen atoms in total. The molecule has 0 fully saturated rings. The average molecular weight is 252 g/mol. The summed E-state index contributed by atoms with van der Waals surface area (Å²) in [6.45, 7) is 2.42. The number of aliphatic hydroxyl groups excluding tert-OH is 1. The van der Waals surface area contributed by atoms with Crippen LogP contribution in [0.25, 0.3) is 6.08 Å². The molecule has 0 atom stereocenters. The third kappa shape index (κ3) is 4.47. The topological polar surface area (TPSA) is 76.0 Å². The minimum atomic E-state index is -1.01. The third-order valence-electron chi connectivity index (χ3n) is 2.03. The molecule has 0 saturated carbocycles. The van der Waals surface area contributed by atoms with Crippen LogP contribution >= 0.6 is 0 Å². The number of benzene rings is 1. The molecule has 0 aliphatic carbocycles. The lowest BCUT2D eigenvalue weighted by molar-refractivity contribution is -0.131. The van der Waals surface area contributed by atoms with Gasteiger partial charge in [0.15, 0.2) is 11.5 Å². The summed E-state index contributed by atoms with van der Waals surface area (Å²) in [5.74, 6) is 0.0467. The summed E-state index contributed by atoms with van der Waals surface area (Å²) in [6, 6.07) is 5.09. The molecular weight excluding hydrogens is 236 g/mol. The van der Waals surface area contributed by atoms with Crippen molar-refractivity contribution in [1.82, 2.24) is 0 Å². The Balaban J connectivity index is 2.91. The molecule has 0 aliphatic rings. The van der Waals surface area contributed by atoms with E-state index in [4.69, 9.17) is 19.7 Å². The number of hydrogen-bond acceptors (Lipinski definition) is 4. The van der Waals surface area contributed by atoms with Gasteiger partial charge >= 0.3 is 5.97 Å². The fourth-order valence-corrected chi connectivity index (χ4v) is 1.34. The summed E-state index contributed by atoms with van der Waals surface area (Å²) >= 11 is 0. The van der Waals surface area contributed by atoms with E-state index in [2.05, 4.69) is 0 Å². The Bertz CT molecular complexity index is 425. The zero-order chi connectivity index (χ0) is 13.4. The predicted molar refractivity (Wildman–Crippen MR) is 66.9 cm³/mol. The maximum atomic E-state index is 10.4. The van der Waals surface area contributed by atoms with Gasteiger partial charge in [0, 0.05) is 6.08 Å². The Kier molecular flexibility index (Phi) is 5.73. The Morgan fingerprint density at radius 3 is 2.72 bits per heavy atom. The van der Waals surface area contributed by atoms with Crippen LogP contribution in [0.1, 0.15) is 12.5 Å². The Hall–Kier alpha value is -2.01. The van der Waals surface area contributed by atoms with E-state index in [0.717, 1.165) is 6.08 Å². The zero-order valence-corrected chi connectivity index (χ0v) is 10.1. The molecule has 0 unspecified atom stereocenters. The Morgan fingerprint density at radius 2 is 2.11 bits per heavy atom. The molecule has 1 rings (SSSR count). The summed E-state index contributed by atoms with van der Waals surface area (Å²) in [5, 5.41) is 17.3. The minimum absolute atomic E-state index is 0.0771. The lowest BCUT2D eigenvalue weighted by atomic mass is 10.2. The molecular formula is C13H16O5. The van der Waals surface area contributed by atoms with Gasteiger partial charge < -0.3 is 19.7 Å². The fraction of sp³-hybridized carbons (Fsp3) is 0.308. The van der Waals surface area contributed by atoms with E-state index in [1.165, 1.54) is 6.08 Å². The molecule has 0 amide bonds. The molecule has 0 aliphatic heterocycles. The van der Waals surface area contributed by atoms with Crippen LogP contribution in [0.15, 0.2) is 24.3 Å². The number of rotatable bonds is 7. The summed E-state index contributed by atoms with van der Waals surface area (Å²) in [6.07, 6.45) is 2.53. The molecule has 0 radical (unpaired) electrons. The molecule has 98 valence electrons. The van der Waals surface area contributed by atoms with Gasteiger partial charge in [0.1, 0.15) is 6.61 Å². The van der Waals surface area contributed by atoms with Crippen LogP contribution in [0.2, 0.25) is 0 Å². The molecule has 0 saturated heterocycles. The van der Waals surface area contributed by atoms with Crippen molar-refractivity contribution >= 4 is 12.0 Å². The lowest BCUT2D eigenvalue weighted by Crippen LogP contribution is -2.04. The summed E-state index contributed by atoms with van der Waals surface area (Å²) in [4.78, 5) is 10.4. The first-order valence-electron chi connectivity index (χ1n) is 5.59. The summed E-state index contributed by atoms with van der Waals surface area (Å²) < 4.78 is 10.7. The fourth-order valence-electron chi connectivity index (χ4n) is 1.34. The van der Waals surface area contributed by atoms with E-state index in [1.807, 2.05) is 6.92 Å². The normalized spacial score (nSPS) is 10.6. The van der Waals surface area contributed by atoms with Gasteiger partial charge in [0.05, 0.1) is 13.2 Å². The van der Waals surface area contributed by atoms with Crippen molar-refractivity contribution in [3.63, 3.8) is 0 Å². The van der Waals surface area contributed by atoms with Crippen molar-refractivity contribution < 1.29 is 24.5 Å². The van der Waals surface area contributed by atoms with Gasteiger partial charge in [-0.25, -0.2) is 4.79 Å². The van der Waals surface area contributed by atoms with Crippen molar-refractivity contribution in [3.8, 4) is 11.5 Å². The van der Waals surface area contributed by atoms with E-state index in [0.29, 0.717) is 23.7 Å². The monoisotopic (exact) mass is 252 g/mol. The zero-order valence-electron chi connectivity index (χ0n) is 10.1. The standard InChI is InChI=1S/C13H16O5/c1-2-17-12-9-10(4-6-13(15)16)3-5-11(12)18-8-7-14/h3-6,9,14H,2,7-8H2,1H3,(H,15,16). The smallest absolute Gasteiger partial charge is 0.328 e. The maximum Gasteiger partial charge on any atom is 0.328 e.